The third kappa shape index (κ3) is 5.12. The molecule has 2 aliphatic rings. The van der Waals surface area contributed by atoms with Crippen molar-refractivity contribution in [3.05, 3.63) is 83.9 Å². The molecule has 6 rings (SSSR count). The molecule has 1 fully saturated rings. The van der Waals surface area contributed by atoms with Gasteiger partial charge in [-0.15, -0.1) is 10.2 Å². The number of para-hydroxylation sites is 1. The number of hydrogen-bond donors (Lipinski definition) is 3. The number of fused-ring (bicyclic) bond motifs is 1. The maximum atomic E-state index is 13.9. The predicted molar refractivity (Wildman–Crippen MR) is 153 cm³/mol. The summed E-state index contributed by atoms with van der Waals surface area (Å²) in [5.74, 6) is 0.220. The SMILES string of the molecule is NC1(C(=O)NC2CCc3ccccc3N(Cc3ccc(-c4ccccc4-c4nn[nH]n4)cc3)C2=O)CCCCC1. The molecule has 4 aromatic rings. The van der Waals surface area contributed by atoms with Crippen LogP contribution < -0.4 is 16.0 Å². The smallest absolute Gasteiger partial charge is 0.249 e. The number of aromatic nitrogens is 4. The molecule has 0 saturated heterocycles. The molecule has 3 aromatic carbocycles. The quantitative estimate of drug-likeness (QED) is 0.340. The summed E-state index contributed by atoms with van der Waals surface area (Å²) in [7, 11) is 0. The topological polar surface area (TPSA) is 130 Å². The Bertz CT molecular complexity index is 1490. The number of nitrogens with one attached hydrogen (secondary N) is 2. The van der Waals surface area contributed by atoms with Crippen molar-refractivity contribution in [3.63, 3.8) is 0 Å². The number of H-pyrrole nitrogens is 1. The Hall–Kier alpha value is -4.37. The first kappa shape index (κ1) is 25.9. The van der Waals surface area contributed by atoms with Crippen molar-refractivity contribution >= 4 is 17.5 Å². The first-order chi connectivity index (χ1) is 19.5. The number of nitrogens with zero attached hydrogens (tertiary/aromatic N) is 4. The fourth-order valence-corrected chi connectivity index (χ4v) is 5.90. The third-order valence-electron chi connectivity index (χ3n) is 8.17. The largest absolute Gasteiger partial charge is 0.343 e. The highest BCUT2D eigenvalue weighted by Gasteiger charge is 2.39. The molecule has 1 atom stereocenters. The molecule has 0 bridgehead atoms. The monoisotopic (exact) mass is 535 g/mol. The number of nitrogens with two attached hydrogens (primary N) is 1. The number of hydrogen-bond acceptors (Lipinski definition) is 6. The van der Waals surface area contributed by atoms with Gasteiger partial charge in [0.05, 0.1) is 12.1 Å². The van der Waals surface area contributed by atoms with Crippen LogP contribution in [0.3, 0.4) is 0 Å². The standard InChI is InChI=1S/C31H33N7O2/c32-31(18-6-1-7-19-31)30(40)33-26-17-16-23-8-2-5-11-27(23)38(29(26)39)20-21-12-14-22(15-13-21)24-9-3-4-10-25(24)28-34-36-37-35-28/h2-5,8-15,26H,1,6-7,16-20,32H2,(H,33,40)(H,34,35,36,37). The molecule has 2 amide bonds. The summed E-state index contributed by atoms with van der Waals surface area (Å²) in [4.78, 5) is 29.0. The average molecular weight is 536 g/mol. The zero-order valence-electron chi connectivity index (χ0n) is 22.3. The van der Waals surface area contributed by atoms with Gasteiger partial charge >= 0.3 is 0 Å². The maximum Gasteiger partial charge on any atom is 0.249 e. The van der Waals surface area contributed by atoms with E-state index in [0.717, 1.165) is 52.8 Å². The molecular formula is C31H33N7O2. The Labute approximate surface area is 233 Å². The van der Waals surface area contributed by atoms with Crippen LogP contribution in [0.1, 0.15) is 49.7 Å². The number of benzene rings is 3. The molecule has 4 N–H and O–H groups in total. The summed E-state index contributed by atoms with van der Waals surface area (Å²) in [6.45, 7) is 0.392. The Balaban J connectivity index is 1.25. The van der Waals surface area contributed by atoms with Crippen LogP contribution in [0.5, 0.6) is 0 Å². The highest BCUT2D eigenvalue weighted by molar-refractivity contribution is 6.01. The van der Waals surface area contributed by atoms with Crippen LogP contribution >= 0.6 is 0 Å². The number of tetrazole rings is 1. The van der Waals surface area contributed by atoms with Gasteiger partial charge in [0.15, 0.2) is 0 Å². The lowest BCUT2D eigenvalue weighted by Gasteiger charge is -2.34. The number of aromatic amines is 1. The zero-order valence-corrected chi connectivity index (χ0v) is 22.3. The van der Waals surface area contributed by atoms with E-state index in [9.17, 15) is 9.59 Å². The van der Waals surface area contributed by atoms with Crippen molar-refractivity contribution in [2.24, 2.45) is 5.73 Å². The molecule has 2 heterocycles. The van der Waals surface area contributed by atoms with Crippen LogP contribution in [0, 0.1) is 0 Å². The molecule has 0 spiro atoms. The lowest BCUT2D eigenvalue weighted by atomic mass is 9.81. The second-order valence-corrected chi connectivity index (χ2v) is 10.8. The summed E-state index contributed by atoms with van der Waals surface area (Å²) in [5, 5.41) is 17.5. The Morgan fingerprint density at radius 2 is 1.70 bits per heavy atom. The lowest BCUT2D eigenvalue weighted by Crippen LogP contribution is -2.59. The molecule has 1 aromatic heterocycles. The molecule has 0 radical (unpaired) electrons. The van der Waals surface area contributed by atoms with Crippen molar-refractivity contribution < 1.29 is 9.59 Å². The molecule has 1 unspecified atom stereocenters. The number of carbonyl (C=O) groups excluding carboxylic acids is 2. The van der Waals surface area contributed by atoms with E-state index >= 15 is 0 Å². The van der Waals surface area contributed by atoms with Crippen molar-refractivity contribution in [1.29, 1.82) is 0 Å². The van der Waals surface area contributed by atoms with Gasteiger partial charge in [-0.1, -0.05) is 86.0 Å². The second-order valence-electron chi connectivity index (χ2n) is 10.8. The Kier molecular flexibility index (Phi) is 7.13. The van der Waals surface area contributed by atoms with Crippen LogP contribution in [-0.4, -0.2) is 44.0 Å². The average Bonchev–Trinajstić information content (AvgIpc) is 3.50. The maximum absolute atomic E-state index is 13.9. The molecule has 1 aliphatic heterocycles. The first-order valence-corrected chi connectivity index (χ1v) is 13.9. The number of amides is 2. The van der Waals surface area contributed by atoms with Gasteiger partial charge in [0.25, 0.3) is 0 Å². The van der Waals surface area contributed by atoms with E-state index in [2.05, 4.69) is 32.0 Å². The minimum Gasteiger partial charge on any atom is -0.343 e. The summed E-state index contributed by atoms with van der Waals surface area (Å²) >= 11 is 0. The van der Waals surface area contributed by atoms with E-state index in [4.69, 9.17) is 5.73 Å². The van der Waals surface area contributed by atoms with Crippen LogP contribution in [0.4, 0.5) is 5.69 Å². The van der Waals surface area contributed by atoms with E-state index in [0.29, 0.717) is 38.1 Å². The summed E-state index contributed by atoms with van der Waals surface area (Å²) in [5.41, 5.74) is 11.5. The minimum absolute atomic E-state index is 0.107. The van der Waals surface area contributed by atoms with Gasteiger partial charge in [-0.25, -0.2) is 0 Å². The van der Waals surface area contributed by atoms with Crippen molar-refractivity contribution in [2.75, 3.05) is 4.90 Å². The van der Waals surface area contributed by atoms with E-state index < -0.39 is 11.6 Å². The predicted octanol–water partition coefficient (Wildman–Crippen LogP) is 4.16. The Morgan fingerprint density at radius 3 is 2.45 bits per heavy atom. The molecule has 9 nitrogen and oxygen atoms in total. The first-order valence-electron chi connectivity index (χ1n) is 13.9. The molecule has 1 saturated carbocycles. The van der Waals surface area contributed by atoms with Gasteiger partial charge in [-0.05, 0) is 59.2 Å². The molecular weight excluding hydrogens is 502 g/mol. The molecule has 204 valence electrons. The summed E-state index contributed by atoms with van der Waals surface area (Å²) < 4.78 is 0. The van der Waals surface area contributed by atoms with Crippen molar-refractivity contribution in [1.82, 2.24) is 25.9 Å². The molecule has 40 heavy (non-hydrogen) atoms. The minimum atomic E-state index is -0.893. The lowest BCUT2D eigenvalue weighted by molar-refractivity contribution is -0.132. The number of carbonyl (C=O) groups is 2. The van der Waals surface area contributed by atoms with E-state index in [1.54, 1.807) is 4.90 Å². The van der Waals surface area contributed by atoms with Gasteiger partial charge in [-0.2, -0.15) is 5.21 Å². The van der Waals surface area contributed by atoms with Crippen LogP contribution in [-0.2, 0) is 22.6 Å². The molecule has 9 heteroatoms. The van der Waals surface area contributed by atoms with E-state index in [1.165, 1.54) is 0 Å². The Morgan fingerprint density at radius 1 is 0.975 bits per heavy atom. The van der Waals surface area contributed by atoms with Gasteiger partial charge in [0.2, 0.25) is 17.6 Å². The molecule has 1 aliphatic carbocycles. The normalized spacial score (nSPS) is 18.6. The van der Waals surface area contributed by atoms with Crippen molar-refractivity contribution in [2.45, 2.75) is 63.1 Å². The van der Waals surface area contributed by atoms with E-state index in [-0.39, 0.29) is 11.8 Å². The third-order valence-corrected chi connectivity index (χ3v) is 8.17. The summed E-state index contributed by atoms with van der Waals surface area (Å²) in [6, 6.07) is 23.4. The number of rotatable bonds is 6. The van der Waals surface area contributed by atoms with Gasteiger partial charge in [-0.3, -0.25) is 9.59 Å². The fraction of sp³-hybridized carbons (Fsp3) is 0.323. The fourth-order valence-electron chi connectivity index (χ4n) is 5.90. The second kappa shape index (κ2) is 11.0. The van der Waals surface area contributed by atoms with Crippen LogP contribution in [0.25, 0.3) is 22.5 Å². The van der Waals surface area contributed by atoms with Gasteiger partial charge in [0, 0.05) is 11.3 Å². The van der Waals surface area contributed by atoms with Gasteiger partial charge in [0.1, 0.15) is 6.04 Å². The summed E-state index contributed by atoms with van der Waals surface area (Å²) in [6.07, 6.45) is 5.54. The van der Waals surface area contributed by atoms with Gasteiger partial charge < -0.3 is 16.0 Å². The highest BCUT2D eigenvalue weighted by atomic mass is 16.2. The number of anilines is 1. The zero-order chi connectivity index (χ0) is 27.5. The van der Waals surface area contributed by atoms with E-state index in [1.807, 2.05) is 66.7 Å². The van der Waals surface area contributed by atoms with Crippen molar-refractivity contribution in [3.8, 4) is 22.5 Å². The highest BCUT2D eigenvalue weighted by Crippen LogP contribution is 2.32. The van der Waals surface area contributed by atoms with Crippen LogP contribution in [0.2, 0.25) is 0 Å². The number of aryl methyl sites for hydroxylation is 1. The van der Waals surface area contributed by atoms with Crippen LogP contribution in [0.15, 0.2) is 72.8 Å².